The van der Waals surface area contributed by atoms with Gasteiger partial charge in [0.05, 0.1) is 19.3 Å². The van der Waals surface area contributed by atoms with Gasteiger partial charge in [-0.05, 0) is 54.5 Å². The van der Waals surface area contributed by atoms with Gasteiger partial charge in [0.15, 0.2) is 6.04 Å². The highest BCUT2D eigenvalue weighted by molar-refractivity contribution is 5.96. The zero-order valence-corrected chi connectivity index (χ0v) is 19.5. The Hall–Kier alpha value is -3.44. The molecule has 1 heterocycles. The predicted octanol–water partition coefficient (Wildman–Crippen LogP) is 2.80. The van der Waals surface area contributed by atoms with E-state index in [0.717, 1.165) is 44.0 Å². The van der Waals surface area contributed by atoms with E-state index in [9.17, 15) is 14.7 Å². The SMILES string of the molecule is CO[C@H](C)[C@H](NC(=O)c1ccc(C#C/C=C/c2ccc(CN3CCOCC3)cc2)cc1)C(=O)O. The van der Waals surface area contributed by atoms with Crippen molar-refractivity contribution < 1.29 is 24.2 Å². The molecule has 0 spiro atoms. The van der Waals surface area contributed by atoms with E-state index in [4.69, 9.17) is 9.47 Å². The molecule has 1 amide bonds. The lowest BCUT2D eigenvalue weighted by atomic mass is 10.1. The Morgan fingerprint density at radius 1 is 1.15 bits per heavy atom. The fraction of sp³-hybridized carbons (Fsp3) is 0.333. The molecule has 34 heavy (non-hydrogen) atoms. The van der Waals surface area contributed by atoms with Gasteiger partial charge in [-0.1, -0.05) is 36.1 Å². The quantitative estimate of drug-likeness (QED) is 0.587. The fourth-order valence-electron chi connectivity index (χ4n) is 3.46. The topological polar surface area (TPSA) is 88.1 Å². The van der Waals surface area contributed by atoms with E-state index in [0.29, 0.717) is 5.56 Å². The summed E-state index contributed by atoms with van der Waals surface area (Å²) in [4.78, 5) is 26.1. The minimum atomic E-state index is -1.15. The molecule has 178 valence electrons. The molecule has 1 fully saturated rings. The van der Waals surface area contributed by atoms with E-state index in [1.54, 1.807) is 37.3 Å². The number of ether oxygens (including phenoxy) is 2. The molecule has 0 unspecified atom stereocenters. The molecular formula is C27H30N2O5. The van der Waals surface area contributed by atoms with Crippen LogP contribution in [0.3, 0.4) is 0 Å². The molecule has 2 N–H and O–H groups in total. The van der Waals surface area contributed by atoms with Gasteiger partial charge in [0.2, 0.25) is 0 Å². The van der Waals surface area contributed by atoms with Crippen LogP contribution in [-0.2, 0) is 20.8 Å². The van der Waals surface area contributed by atoms with Crippen molar-refractivity contribution in [2.45, 2.75) is 25.6 Å². The number of carbonyl (C=O) groups is 2. The van der Waals surface area contributed by atoms with Gasteiger partial charge in [0, 0.05) is 37.9 Å². The summed E-state index contributed by atoms with van der Waals surface area (Å²) in [7, 11) is 1.40. The summed E-state index contributed by atoms with van der Waals surface area (Å²) in [5.74, 6) is 4.40. The number of carboxylic acids is 1. The van der Waals surface area contributed by atoms with Crippen LogP contribution in [0.15, 0.2) is 54.6 Å². The number of hydrogen-bond donors (Lipinski definition) is 2. The van der Waals surface area contributed by atoms with Gasteiger partial charge in [-0.25, -0.2) is 4.79 Å². The van der Waals surface area contributed by atoms with Crippen molar-refractivity contribution in [3.05, 3.63) is 76.9 Å². The lowest BCUT2D eigenvalue weighted by Crippen LogP contribution is -2.48. The van der Waals surface area contributed by atoms with E-state index in [2.05, 4.69) is 46.3 Å². The summed E-state index contributed by atoms with van der Waals surface area (Å²) in [5, 5.41) is 11.8. The second-order valence-corrected chi connectivity index (χ2v) is 8.04. The highest BCUT2D eigenvalue weighted by Crippen LogP contribution is 2.10. The predicted molar refractivity (Wildman–Crippen MR) is 130 cm³/mol. The Morgan fingerprint density at radius 3 is 2.44 bits per heavy atom. The maximum absolute atomic E-state index is 12.4. The molecule has 1 saturated heterocycles. The van der Waals surface area contributed by atoms with Crippen molar-refractivity contribution in [3.8, 4) is 11.8 Å². The monoisotopic (exact) mass is 462 g/mol. The normalized spacial score (nSPS) is 15.8. The number of methoxy groups -OCH3 is 1. The smallest absolute Gasteiger partial charge is 0.328 e. The third-order valence-electron chi connectivity index (χ3n) is 5.61. The average Bonchev–Trinajstić information content (AvgIpc) is 2.86. The summed E-state index contributed by atoms with van der Waals surface area (Å²) >= 11 is 0. The Bertz CT molecular complexity index is 1050. The number of nitrogens with one attached hydrogen (secondary N) is 1. The number of allylic oxidation sites excluding steroid dienone is 1. The van der Waals surface area contributed by atoms with E-state index >= 15 is 0 Å². The van der Waals surface area contributed by atoms with Crippen LogP contribution in [0.5, 0.6) is 0 Å². The van der Waals surface area contributed by atoms with Gasteiger partial charge in [-0.3, -0.25) is 9.69 Å². The van der Waals surface area contributed by atoms with Gasteiger partial charge in [-0.2, -0.15) is 0 Å². The first-order valence-electron chi connectivity index (χ1n) is 11.2. The molecule has 7 nitrogen and oxygen atoms in total. The highest BCUT2D eigenvalue weighted by Gasteiger charge is 2.26. The number of benzene rings is 2. The number of carboxylic acid groups (broad SMARTS) is 1. The van der Waals surface area contributed by atoms with Crippen molar-refractivity contribution in [3.63, 3.8) is 0 Å². The number of aliphatic carboxylic acids is 1. The Kier molecular flexibility index (Phi) is 9.41. The first-order valence-corrected chi connectivity index (χ1v) is 11.2. The van der Waals surface area contributed by atoms with E-state index < -0.39 is 24.0 Å². The van der Waals surface area contributed by atoms with Crippen LogP contribution in [0.25, 0.3) is 6.08 Å². The zero-order chi connectivity index (χ0) is 24.3. The summed E-state index contributed by atoms with van der Waals surface area (Å²) in [6.45, 7) is 6.06. The summed E-state index contributed by atoms with van der Waals surface area (Å²) in [6, 6.07) is 14.0. The fourth-order valence-corrected chi connectivity index (χ4v) is 3.46. The molecule has 0 bridgehead atoms. The summed E-state index contributed by atoms with van der Waals surface area (Å²) in [5.41, 5.74) is 3.46. The van der Waals surface area contributed by atoms with Crippen molar-refractivity contribution >= 4 is 18.0 Å². The number of carbonyl (C=O) groups excluding carboxylic acids is 1. The van der Waals surface area contributed by atoms with E-state index in [1.165, 1.54) is 12.7 Å². The molecule has 2 atom stereocenters. The summed E-state index contributed by atoms with van der Waals surface area (Å²) < 4.78 is 10.4. The first-order chi connectivity index (χ1) is 16.5. The van der Waals surface area contributed by atoms with Crippen LogP contribution < -0.4 is 5.32 Å². The van der Waals surface area contributed by atoms with Crippen LogP contribution in [-0.4, -0.2) is 67.4 Å². The van der Waals surface area contributed by atoms with Crippen LogP contribution in [0.1, 0.15) is 34.0 Å². The van der Waals surface area contributed by atoms with E-state index in [-0.39, 0.29) is 0 Å². The molecular weight excluding hydrogens is 432 g/mol. The van der Waals surface area contributed by atoms with Crippen LogP contribution in [0, 0.1) is 11.8 Å². The summed E-state index contributed by atoms with van der Waals surface area (Å²) in [6.07, 6.45) is 3.09. The molecule has 7 heteroatoms. The number of morpholine rings is 1. The van der Waals surface area contributed by atoms with Gasteiger partial charge in [-0.15, -0.1) is 0 Å². The third-order valence-corrected chi connectivity index (χ3v) is 5.61. The molecule has 2 aromatic carbocycles. The Labute approximate surface area is 200 Å². The van der Waals surface area contributed by atoms with Crippen molar-refractivity contribution in [1.29, 1.82) is 0 Å². The molecule has 0 saturated carbocycles. The average molecular weight is 463 g/mol. The Balaban J connectivity index is 1.53. The molecule has 3 rings (SSSR count). The molecule has 1 aliphatic heterocycles. The van der Waals surface area contributed by atoms with Gasteiger partial charge < -0.3 is 19.9 Å². The second-order valence-electron chi connectivity index (χ2n) is 8.04. The van der Waals surface area contributed by atoms with Crippen LogP contribution in [0.2, 0.25) is 0 Å². The van der Waals surface area contributed by atoms with Gasteiger partial charge in [0.25, 0.3) is 5.91 Å². The number of hydrogen-bond acceptors (Lipinski definition) is 5. The maximum atomic E-state index is 12.4. The van der Waals surface area contributed by atoms with Crippen LogP contribution >= 0.6 is 0 Å². The third kappa shape index (κ3) is 7.56. The number of amides is 1. The molecule has 1 aliphatic rings. The van der Waals surface area contributed by atoms with Gasteiger partial charge in [0.1, 0.15) is 0 Å². The molecule has 0 radical (unpaired) electrons. The number of rotatable bonds is 8. The second kappa shape index (κ2) is 12.7. The lowest BCUT2D eigenvalue weighted by Gasteiger charge is -2.26. The zero-order valence-electron chi connectivity index (χ0n) is 19.5. The van der Waals surface area contributed by atoms with Crippen molar-refractivity contribution in [2.75, 3.05) is 33.4 Å². The van der Waals surface area contributed by atoms with Gasteiger partial charge >= 0.3 is 5.97 Å². The standard InChI is InChI=1S/C27H30N2O5/c1-20(33-2)25(27(31)32)28-26(30)24-13-11-22(12-14-24)6-4-3-5-21-7-9-23(10-8-21)19-29-15-17-34-18-16-29/h3,5,7-14,20,25H,15-19H2,1-2H3,(H,28,30)(H,31,32)/b5-3+/t20-,25+/m1/s1. The minimum absolute atomic E-state index is 0.354. The maximum Gasteiger partial charge on any atom is 0.328 e. The first kappa shape index (κ1) is 25.2. The largest absolute Gasteiger partial charge is 0.480 e. The minimum Gasteiger partial charge on any atom is -0.480 e. The molecule has 0 aliphatic carbocycles. The van der Waals surface area contributed by atoms with Crippen LogP contribution in [0.4, 0.5) is 0 Å². The Morgan fingerprint density at radius 2 is 1.82 bits per heavy atom. The molecule has 0 aromatic heterocycles. The van der Waals surface area contributed by atoms with Crippen molar-refractivity contribution in [2.24, 2.45) is 0 Å². The van der Waals surface area contributed by atoms with E-state index in [1.807, 2.05) is 6.08 Å². The number of nitrogens with zero attached hydrogens (tertiary/aromatic N) is 1. The van der Waals surface area contributed by atoms with Crippen molar-refractivity contribution in [1.82, 2.24) is 10.2 Å². The lowest BCUT2D eigenvalue weighted by molar-refractivity contribution is -0.142. The highest BCUT2D eigenvalue weighted by atomic mass is 16.5. The molecule has 2 aromatic rings.